The van der Waals surface area contributed by atoms with Crippen molar-refractivity contribution in [1.82, 2.24) is 20.0 Å². The van der Waals surface area contributed by atoms with Crippen molar-refractivity contribution in [3.8, 4) is 0 Å². The van der Waals surface area contributed by atoms with Gasteiger partial charge < -0.3 is 4.98 Å². The number of aromatic nitrogens is 4. The van der Waals surface area contributed by atoms with Crippen LogP contribution in [0, 0.1) is 0 Å². The number of rotatable bonds is 5. The van der Waals surface area contributed by atoms with Gasteiger partial charge in [-0.1, -0.05) is 11.6 Å². The van der Waals surface area contributed by atoms with E-state index in [-0.39, 0.29) is 10.7 Å². The quantitative estimate of drug-likeness (QED) is 0.730. The first kappa shape index (κ1) is 15.7. The summed E-state index contributed by atoms with van der Waals surface area (Å²) >= 11 is 5.85. The molecule has 0 spiro atoms. The van der Waals surface area contributed by atoms with E-state index in [2.05, 4.69) is 19.9 Å². The summed E-state index contributed by atoms with van der Waals surface area (Å²) < 4.78 is 51.5. The Morgan fingerprint density at radius 3 is 2.91 bits per heavy atom. The number of aromatic amines is 1. The molecule has 0 saturated heterocycles. The first-order valence-electron chi connectivity index (χ1n) is 6.33. The van der Waals surface area contributed by atoms with Crippen molar-refractivity contribution < 1.29 is 17.2 Å². The van der Waals surface area contributed by atoms with Gasteiger partial charge in [0.2, 0.25) is 0 Å². The van der Waals surface area contributed by atoms with Gasteiger partial charge in [0.1, 0.15) is 11.4 Å². The van der Waals surface area contributed by atoms with Crippen LogP contribution in [0.5, 0.6) is 0 Å². The average molecular weight is 362 g/mol. The molecule has 0 unspecified atom stereocenters. The minimum absolute atomic E-state index is 0.00687. The second-order valence-electron chi connectivity index (χ2n) is 4.62. The van der Waals surface area contributed by atoms with E-state index in [4.69, 9.17) is 11.6 Å². The van der Waals surface area contributed by atoms with Gasteiger partial charge in [-0.2, -0.15) is 9.90 Å². The Bertz CT molecular complexity index is 953. The molecule has 0 aliphatic carbocycles. The maximum atomic E-state index is 12.4. The molecule has 23 heavy (non-hydrogen) atoms. The molecule has 0 bridgehead atoms. The van der Waals surface area contributed by atoms with Crippen LogP contribution in [-0.2, 0) is 16.6 Å². The fourth-order valence-electron chi connectivity index (χ4n) is 2.04. The van der Waals surface area contributed by atoms with Gasteiger partial charge in [-0.25, -0.2) is 17.2 Å². The molecule has 1 aromatic carbocycles. The molecule has 0 amide bonds. The smallest absolute Gasteiger partial charge is 0.265 e. The number of H-pyrrole nitrogens is 1. The van der Waals surface area contributed by atoms with E-state index in [0.717, 1.165) is 11.0 Å². The zero-order valence-corrected chi connectivity index (χ0v) is 12.9. The van der Waals surface area contributed by atoms with E-state index < -0.39 is 23.0 Å². The number of alkyl halides is 2. The van der Waals surface area contributed by atoms with Gasteiger partial charge in [0.15, 0.2) is 5.82 Å². The minimum Gasteiger partial charge on any atom is -0.360 e. The summed E-state index contributed by atoms with van der Waals surface area (Å²) in [6.07, 6.45) is -0.260. The maximum absolute atomic E-state index is 12.4. The van der Waals surface area contributed by atoms with Gasteiger partial charge >= 0.3 is 0 Å². The lowest BCUT2D eigenvalue weighted by Gasteiger charge is -2.03. The summed E-state index contributed by atoms with van der Waals surface area (Å²) in [6, 6.07) is 4.72. The van der Waals surface area contributed by atoms with E-state index in [0.29, 0.717) is 15.9 Å². The van der Waals surface area contributed by atoms with Gasteiger partial charge in [-0.15, -0.1) is 5.10 Å². The summed E-state index contributed by atoms with van der Waals surface area (Å²) in [7, 11) is -3.95. The van der Waals surface area contributed by atoms with Crippen LogP contribution in [0.15, 0.2) is 35.5 Å². The van der Waals surface area contributed by atoms with Gasteiger partial charge in [0.25, 0.3) is 16.4 Å². The van der Waals surface area contributed by atoms with Crippen molar-refractivity contribution in [2.45, 2.75) is 17.9 Å². The predicted octanol–water partition coefficient (Wildman–Crippen LogP) is 2.48. The molecule has 0 aliphatic heterocycles. The lowest BCUT2D eigenvalue weighted by molar-refractivity contribution is 0.116. The highest BCUT2D eigenvalue weighted by atomic mass is 35.5. The molecule has 11 heteroatoms. The number of nitrogens with zero attached hydrogens (tertiary/aromatic N) is 3. The highest BCUT2D eigenvalue weighted by Crippen LogP contribution is 2.26. The van der Waals surface area contributed by atoms with Crippen molar-refractivity contribution in [2.75, 3.05) is 4.72 Å². The zero-order valence-electron chi connectivity index (χ0n) is 11.4. The fraction of sp³-hybridized carbons (Fsp3) is 0.167. The van der Waals surface area contributed by atoms with Crippen LogP contribution in [0.25, 0.3) is 10.9 Å². The number of anilines is 1. The van der Waals surface area contributed by atoms with Crippen LogP contribution in [-0.4, -0.2) is 34.8 Å². The molecular formula is C12H10ClF2N5O2S. The van der Waals surface area contributed by atoms with Crippen molar-refractivity contribution in [3.63, 3.8) is 0 Å². The number of hydrogen-bond acceptors (Lipinski definition) is 4. The minimum atomic E-state index is -3.95. The van der Waals surface area contributed by atoms with E-state index in [9.17, 15) is 17.2 Å². The third-order valence-electron chi connectivity index (χ3n) is 2.97. The molecule has 0 fully saturated rings. The van der Waals surface area contributed by atoms with Gasteiger partial charge in [0, 0.05) is 22.1 Å². The Hall–Kier alpha value is -2.20. The molecular weight excluding hydrogens is 352 g/mol. The molecule has 7 nitrogen and oxygen atoms in total. The van der Waals surface area contributed by atoms with Crippen LogP contribution in [0.2, 0.25) is 5.02 Å². The molecule has 0 aliphatic rings. The van der Waals surface area contributed by atoms with Crippen LogP contribution in [0.1, 0.15) is 0 Å². The number of halogens is 3. The number of benzene rings is 1. The standard InChI is InChI=1S/C12H10ClF2N5O2S/c13-7-1-2-8-9(3-7)16-4-10(8)23(21,22)19-12-5-17-20(18-12)6-11(14)15/h1-5,11,16H,6H2,(H,18,19). The first-order valence-corrected chi connectivity index (χ1v) is 8.19. The zero-order chi connectivity index (χ0) is 16.6. The molecule has 2 aromatic heterocycles. The molecule has 0 radical (unpaired) electrons. The Morgan fingerprint density at radius 2 is 2.17 bits per heavy atom. The molecule has 3 aromatic rings. The Kier molecular flexibility index (Phi) is 3.94. The van der Waals surface area contributed by atoms with Crippen molar-refractivity contribution >= 4 is 38.3 Å². The van der Waals surface area contributed by atoms with Gasteiger partial charge in [-0.3, -0.25) is 4.72 Å². The number of nitrogens with one attached hydrogen (secondary N) is 2. The molecule has 3 rings (SSSR count). The highest BCUT2D eigenvalue weighted by Gasteiger charge is 2.20. The molecule has 122 valence electrons. The van der Waals surface area contributed by atoms with E-state index in [1.54, 1.807) is 18.2 Å². The second-order valence-corrected chi connectivity index (χ2v) is 6.71. The van der Waals surface area contributed by atoms with Gasteiger partial charge in [-0.05, 0) is 18.2 Å². The van der Waals surface area contributed by atoms with Crippen LogP contribution in [0.4, 0.5) is 14.6 Å². The summed E-state index contributed by atoms with van der Waals surface area (Å²) in [4.78, 5) is 3.52. The van der Waals surface area contributed by atoms with Crippen molar-refractivity contribution in [2.24, 2.45) is 0 Å². The summed E-state index contributed by atoms with van der Waals surface area (Å²) in [6.45, 7) is -0.715. The Balaban J connectivity index is 1.90. The highest BCUT2D eigenvalue weighted by molar-refractivity contribution is 7.93. The topological polar surface area (TPSA) is 92.7 Å². The molecule has 0 atom stereocenters. The third-order valence-corrected chi connectivity index (χ3v) is 4.60. The first-order chi connectivity index (χ1) is 10.8. The number of sulfonamides is 1. The Morgan fingerprint density at radius 1 is 1.39 bits per heavy atom. The summed E-state index contributed by atoms with van der Waals surface area (Å²) in [5, 5.41) is 8.12. The van der Waals surface area contributed by atoms with E-state index in [1.807, 2.05) is 0 Å². The largest absolute Gasteiger partial charge is 0.360 e. The maximum Gasteiger partial charge on any atom is 0.265 e. The molecule has 2 heterocycles. The van der Waals surface area contributed by atoms with Crippen LogP contribution < -0.4 is 4.72 Å². The molecule has 0 saturated carbocycles. The third kappa shape index (κ3) is 3.27. The van der Waals surface area contributed by atoms with Crippen molar-refractivity contribution in [3.05, 3.63) is 35.6 Å². The van der Waals surface area contributed by atoms with E-state index >= 15 is 0 Å². The normalized spacial score (nSPS) is 12.2. The SMILES string of the molecule is O=S(=O)(Nc1cnn(CC(F)F)n1)c1c[nH]c2cc(Cl)ccc12. The fourth-order valence-corrected chi connectivity index (χ4v) is 3.37. The summed E-state index contributed by atoms with van der Waals surface area (Å²) in [5.74, 6) is -0.144. The number of hydrogen-bond donors (Lipinski definition) is 2. The lowest BCUT2D eigenvalue weighted by Crippen LogP contribution is -2.14. The Labute approximate surface area is 134 Å². The lowest BCUT2D eigenvalue weighted by atomic mass is 10.2. The van der Waals surface area contributed by atoms with Crippen LogP contribution >= 0.6 is 11.6 Å². The van der Waals surface area contributed by atoms with Gasteiger partial charge in [0.05, 0.1) is 6.20 Å². The van der Waals surface area contributed by atoms with E-state index in [1.165, 1.54) is 6.20 Å². The monoisotopic (exact) mass is 361 g/mol. The molecule has 2 N–H and O–H groups in total. The van der Waals surface area contributed by atoms with Crippen molar-refractivity contribution in [1.29, 1.82) is 0 Å². The summed E-state index contributed by atoms with van der Waals surface area (Å²) in [5.41, 5.74) is 0.555. The number of fused-ring (bicyclic) bond motifs is 1. The average Bonchev–Trinajstić information content (AvgIpc) is 3.04. The predicted molar refractivity (Wildman–Crippen MR) is 80.1 cm³/mol. The second kappa shape index (κ2) is 5.78. The van der Waals surface area contributed by atoms with Crippen LogP contribution in [0.3, 0.4) is 0 Å².